The number of ether oxygens (including phenoxy) is 1. The number of benzene rings is 2. The molecule has 2 aromatic carbocycles. The minimum absolute atomic E-state index is 0.179. The van der Waals surface area contributed by atoms with E-state index < -0.39 is 0 Å². The predicted octanol–water partition coefficient (Wildman–Crippen LogP) is 3.92. The van der Waals surface area contributed by atoms with Crippen LogP contribution in [0.2, 0.25) is 5.02 Å². The highest BCUT2D eigenvalue weighted by molar-refractivity contribution is 6.32. The molecule has 2 heterocycles. The van der Waals surface area contributed by atoms with Gasteiger partial charge in [-0.3, -0.25) is 9.78 Å². The molecule has 1 amide bonds. The van der Waals surface area contributed by atoms with Crippen molar-refractivity contribution in [2.45, 2.75) is 6.54 Å². The lowest BCUT2D eigenvalue weighted by molar-refractivity contribution is 0.0946. The molecule has 150 valence electrons. The van der Waals surface area contributed by atoms with Gasteiger partial charge in [-0.1, -0.05) is 47.1 Å². The molecule has 30 heavy (non-hydrogen) atoms. The van der Waals surface area contributed by atoms with Gasteiger partial charge in [-0.25, -0.2) is 4.68 Å². The number of nitrogens with zero attached hydrogens (tertiary/aromatic N) is 4. The van der Waals surface area contributed by atoms with E-state index >= 15 is 0 Å². The molecule has 0 atom stereocenters. The van der Waals surface area contributed by atoms with Gasteiger partial charge in [0.1, 0.15) is 11.4 Å². The van der Waals surface area contributed by atoms with E-state index in [2.05, 4.69) is 20.6 Å². The third kappa shape index (κ3) is 3.88. The number of amides is 1. The van der Waals surface area contributed by atoms with Crippen molar-refractivity contribution in [2.75, 3.05) is 7.11 Å². The predicted molar refractivity (Wildman–Crippen MR) is 114 cm³/mol. The summed E-state index contributed by atoms with van der Waals surface area (Å²) in [4.78, 5) is 17.2. The van der Waals surface area contributed by atoms with E-state index in [-0.39, 0.29) is 18.1 Å². The molecule has 8 heteroatoms. The van der Waals surface area contributed by atoms with Crippen LogP contribution in [-0.4, -0.2) is 33.0 Å². The quantitative estimate of drug-likeness (QED) is 0.512. The zero-order chi connectivity index (χ0) is 20.9. The Morgan fingerprint density at radius 2 is 1.90 bits per heavy atom. The van der Waals surface area contributed by atoms with Gasteiger partial charge in [0.25, 0.3) is 5.91 Å². The first kappa shape index (κ1) is 19.6. The maximum absolute atomic E-state index is 13.0. The fourth-order valence-electron chi connectivity index (χ4n) is 3.10. The van der Waals surface area contributed by atoms with Gasteiger partial charge < -0.3 is 10.1 Å². The average molecular weight is 420 g/mol. The standard InChI is InChI=1S/C22H18ClN5O2/c1-30-19-11-5-2-7-15(19)14-25-22(29)20-21(16-8-6-12-24-13-16)28(27-26-20)18-10-4-3-9-17(18)23/h2-13H,14H2,1H3,(H,25,29). The Labute approximate surface area is 178 Å². The Hall–Kier alpha value is -3.71. The van der Waals surface area contributed by atoms with Gasteiger partial charge in [0.15, 0.2) is 5.69 Å². The van der Waals surface area contributed by atoms with Gasteiger partial charge in [0, 0.05) is 30.1 Å². The number of carbonyl (C=O) groups is 1. The molecular weight excluding hydrogens is 402 g/mol. The summed E-state index contributed by atoms with van der Waals surface area (Å²) < 4.78 is 6.90. The summed E-state index contributed by atoms with van der Waals surface area (Å²) in [6, 6.07) is 18.4. The number of rotatable bonds is 6. The van der Waals surface area contributed by atoms with Crippen molar-refractivity contribution in [3.8, 4) is 22.7 Å². The number of aromatic nitrogens is 4. The van der Waals surface area contributed by atoms with Crippen LogP contribution in [0.4, 0.5) is 0 Å². The SMILES string of the molecule is COc1ccccc1CNC(=O)c1nnn(-c2ccccc2Cl)c1-c1cccnc1. The number of pyridine rings is 1. The zero-order valence-electron chi connectivity index (χ0n) is 16.1. The van der Waals surface area contributed by atoms with Crippen LogP contribution in [0.25, 0.3) is 16.9 Å². The number of methoxy groups -OCH3 is 1. The van der Waals surface area contributed by atoms with Crippen molar-refractivity contribution >= 4 is 17.5 Å². The Kier molecular flexibility index (Phi) is 5.72. The second kappa shape index (κ2) is 8.75. The second-order valence-electron chi connectivity index (χ2n) is 6.39. The monoisotopic (exact) mass is 419 g/mol. The number of para-hydroxylation sites is 2. The lowest BCUT2D eigenvalue weighted by Gasteiger charge is -2.11. The molecular formula is C22H18ClN5O2. The smallest absolute Gasteiger partial charge is 0.274 e. The van der Waals surface area contributed by atoms with Crippen molar-refractivity contribution in [3.63, 3.8) is 0 Å². The maximum atomic E-state index is 13.0. The average Bonchev–Trinajstić information content (AvgIpc) is 3.23. The number of halogens is 1. The molecule has 0 aliphatic rings. The van der Waals surface area contributed by atoms with Crippen molar-refractivity contribution in [3.05, 3.63) is 89.3 Å². The zero-order valence-corrected chi connectivity index (χ0v) is 16.9. The number of nitrogens with one attached hydrogen (secondary N) is 1. The van der Waals surface area contributed by atoms with E-state index in [0.29, 0.717) is 27.7 Å². The van der Waals surface area contributed by atoms with E-state index in [4.69, 9.17) is 16.3 Å². The first-order valence-electron chi connectivity index (χ1n) is 9.20. The van der Waals surface area contributed by atoms with Crippen LogP contribution in [0.15, 0.2) is 73.1 Å². The molecule has 0 fully saturated rings. The van der Waals surface area contributed by atoms with Crippen molar-refractivity contribution in [1.82, 2.24) is 25.3 Å². The molecule has 0 bridgehead atoms. The van der Waals surface area contributed by atoms with Crippen molar-refractivity contribution in [1.29, 1.82) is 0 Å². The highest BCUT2D eigenvalue weighted by Gasteiger charge is 2.23. The number of hydrogen-bond acceptors (Lipinski definition) is 5. The Morgan fingerprint density at radius 3 is 2.67 bits per heavy atom. The molecule has 7 nitrogen and oxygen atoms in total. The van der Waals surface area contributed by atoms with E-state index in [0.717, 1.165) is 5.56 Å². The molecule has 0 saturated heterocycles. The Morgan fingerprint density at radius 1 is 1.10 bits per heavy atom. The van der Waals surface area contributed by atoms with Gasteiger partial charge >= 0.3 is 0 Å². The summed E-state index contributed by atoms with van der Waals surface area (Å²) in [6.45, 7) is 0.286. The van der Waals surface area contributed by atoms with Gasteiger partial charge in [-0.2, -0.15) is 0 Å². The topological polar surface area (TPSA) is 81.9 Å². The first-order chi connectivity index (χ1) is 14.7. The fourth-order valence-corrected chi connectivity index (χ4v) is 3.31. The summed E-state index contributed by atoms with van der Waals surface area (Å²) in [6.07, 6.45) is 3.32. The van der Waals surface area contributed by atoms with Crippen molar-refractivity contribution in [2.24, 2.45) is 0 Å². The van der Waals surface area contributed by atoms with Crippen LogP contribution in [0.3, 0.4) is 0 Å². The molecule has 0 aliphatic heterocycles. The van der Waals surface area contributed by atoms with Crippen LogP contribution < -0.4 is 10.1 Å². The third-order valence-electron chi connectivity index (χ3n) is 4.53. The van der Waals surface area contributed by atoms with Gasteiger partial charge in [0.05, 0.1) is 17.8 Å². The molecule has 0 saturated carbocycles. The molecule has 1 N–H and O–H groups in total. The lowest BCUT2D eigenvalue weighted by atomic mass is 10.1. The van der Waals surface area contributed by atoms with Crippen LogP contribution in [0.1, 0.15) is 16.1 Å². The summed E-state index contributed by atoms with van der Waals surface area (Å²) in [5.74, 6) is 0.336. The lowest BCUT2D eigenvalue weighted by Crippen LogP contribution is -2.24. The minimum Gasteiger partial charge on any atom is -0.496 e. The van der Waals surface area contributed by atoms with Crippen molar-refractivity contribution < 1.29 is 9.53 Å². The van der Waals surface area contributed by atoms with E-state index in [1.807, 2.05) is 48.5 Å². The second-order valence-corrected chi connectivity index (χ2v) is 6.79. The molecule has 4 rings (SSSR count). The molecule has 4 aromatic rings. The molecule has 0 radical (unpaired) electrons. The van der Waals surface area contributed by atoms with Crippen LogP contribution in [0.5, 0.6) is 5.75 Å². The summed E-state index contributed by atoms with van der Waals surface area (Å²) in [5.41, 5.74) is 2.86. The third-order valence-corrected chi connectivity index (χ3v) is 4.85. The molecule has 0 unspecified atom stereocenters. The Bertz CT molecular complexity index is 1180. The van der Waals surface area contributed by atoms with Crippen LogP contribution in [-0.2, 0) is 6.54 Å². The van der Waals surface area contributed by atoms with Crippen LogP contribution >= 0.6 is 11.6 Å². The van der Waals surface area contributed by atoms with Gasteiger partial charge in [-0.15, -0.1) is 5.10 Å². The number of carbonyl (C=O) groups excluding carboxylic acids is 1. The fraction of sp³-hybridized carbons (Fsp3) is 0.0909. The molecule has 0 spiro atoms. The highest BCUT2D eigenvalue weighted by atomic mass is 35.5. The van der Waals surface area contributed by atoms with E-state index in [9.17, 15) is 4.79 Å². The summed E-state index contributed by atoms with van der Waals surface area (Å²) >= 11 is 6.36. The maximum Gasteiger partial charge on any atom is 0.274 e. The molecule has 0 aliphatic carbocycles. The van der Waals surface area contributed by atoms with Gasteiger partial charge in [0.2, 0.25) is 0 Å². The first-order valence-corrected chi connectivity index (χ1v) is 9.58. The Balaban J connectivity index is 1.71. The van der Waals surface area contributed by atoms with E-state index in [1.54, 1.807) is 36.3 Å². The highest BCUT2D eigenvalue weighted by Crippen LogP contribution is 2.28. The van der Waals surface area contributed by atoms with Crippen LogP contribution in [0, 0.1) is 0 Å². The molecule has 2 aromatic heterocycles. The normalized spacial score (nSPS) is 10.6. The minimum atomic E-state index is -0.363. The largest absolute Gasteiger partial charge is 0.496 e. The number of hydrogen-bond donors (Lipinski definition) is 1. The summed E-state index contributed by atoms with van der Waals surface area (Å²) in [5, 5.41) is 11.7. The van der Waals surface area contributed by atoms with E-state index in [1.165, 1.54) is 0 Å². The summed E-state index contributed by atoms with van der Waals surface area (Å²) in [7, 11) is 1.59. The van der Waals surface area contributed by atoms with Gasteiger partial charge in [-0.05, 0) is 30.3 Å².